The van der Waals surface area contributed by atoms with Gasteiger partial charge in [0, 0.05) is 5.56 Å². The molecule has 2 unspecified atom stereocenters. The molecule has 0 aliphatic rings. The van der Waals surface area contributed by atoms with Gasteiger partial charge in [0.25, 0.3) is 0 Å². The summed E-state index contributed by atoms with van der Waals surface area (Å²) in [7, 11) is -1.24. The number of hydrogen-bond acceptors (Lipinski definition) is 1. The highest BCUT2D eigenvalue weighted by molar-refractivity contribution is 7.84. The molecule has 1 aromatic carbocycles. The van der Waals surface area contributed by atoms with Crippen molar-refractivity contribution in [1.29, 1.82) is 0 Å². The van der Waals surface area contributed by atoms with Crippen molar-refractivity contribution in [3.8, 4) is 0 Å². The van der Waals surface area contributed by atoms with E-state index in [1.165, 1.54) is 6.07 Å². The third-order valence-corrected chi connectivity index (χ3v) is 4.10. The first kappa shape index (κ1) is 15.1. The zero-order chi connectivity index (χ0) is 13.8. The number of halogens is 1. The molecule has 0 saturated heterocycles. The van der Waals surface area contributed by atoms with Crippen molar-refractivity contribution in [2.45, 2.75) is 38.0 Å². The predicted octanol–water partition coefficient (Wildman–Crippen LogP) is 3.49. The maximum atomic E-state index is 13.7. The molecule has 4 heteroatoms. The largest absolute Gasteiger partial charge is 0.242 e. The molecule has 0 aromatic heterocycles. The highest BCUT2D eigenvalue weighted by atomic mass is 32.2. The van der Waals surface area contributed by atoms with Gasteiger partial charge < -0.3 is 0 Å². The fourth-order valence-electron chi connectivity index (χ4n) is 1.47. The van der Waals surface area contributed by atoms with E-state index in [1.807, 2.05) is 20.8 Å². The van der Waals surface area contributed by atoms with Crippen LogP contribution in [0.5, 0.6) is 0 Å². The third kappa shape index (κ3) is 4.03. The molecular formula is C14H20FNOS. The lowest BCUT2D eigenvalue weighted by atomic mass is 10.0. The number of hydrogen-bond donors (Lipinski definition) is 1. The lowest BCUT2D eigenvalue weighted by Crippen LogP contribution is -2.35. The Kier molecular flexibility index (Phi) is 5.23. The maximum absolute atomic E-state index is 13.7. The summed E-state index contributed by atoms with van der Waals surface area (Å²) in [6.07, 6.45) is 2.23. The van der Waals surface area contributed by atoms with Crippen molar-refractivity contribution in [2.24, 2.45) is 0 Å². The summed E-state index contributed by atoms with van der Waals surface area (Å²) in [5.74, 6) is -0.289. The van der Waals surface area contributed by atoms with Crippen molar-refractivity contribution in [2.75, 3.05) is 0 Å². The van der Waals surface area contributed by atoms with Gasteiger partial charge in [-0.15, -0.1) is 6.58 Å². The fraction of sp³-hybridized carbons (Fsp3) is 0.429. The van der Waals surface area contributed by atoms with E-state index in [-0.39, 0.29) is 16.6 Å². The molecule has 0 bridgehead atoms. The molecule has 100 valence electrons. The second-order valence-corrected chi connectivity index (χ2v) is 7.10. The molecule has 0 fully saturated rings. The van der Waals surface area contributed by atoms with Gasteiger partial charge in [0.1, 0.15) is 5.82 Å². The first-order valence-electron chi connectivity index (χ1n) is 5.89. The minimum Gasteiger partial charge on any atom is -0.242 e. The summed E-state index contributed by atoms with van der Waals surface area (Å²) in [6.45, 7) is 9.30. The Morgan fingerprint density at radius 2 is 2.06 bits per heavy atom. The van der Waals surface area contributed by atoms with Crippen LogP contribution >= 0.6 is 0 Å². The second kappa shape index (κ2) is 6.25. The monoisotopic (exact) mass is 269 g/mol. The van der Waals surface area contributed by atoms with E-state index in [0.29, 0.717) is 12.0 Å². The molecule has 18 heavy (non-hydrogen) atoms. The molecule has 1 aromatic rings. The van der Waals surface area contributed by atoms with E-state index in [4.69, 9.17) is 0 Å². The second-order valence-electron chi connectivity index (χ2n) is 5.10. The van der Waals surface area contributed by atoms with Crippen molar-refractivity contribution in [3.63, 3.8) is 0 Å². The van der Waals surface area contributed by atoms with Gasteiger partial charge >= 0.3 is 0 Å². The van der Waals surface area contributed by atoms with Crippen molar-refractivity contribution >= 4 is 11.0 Å². The quantitative estimate of drug-likeness (QED) is 0.814. The van der Waals surface area contributed by atoms with E-state index in [1.54, 1.807) is 24.3 Å². The van der Waals surface area contributed by atoms with E-state index in [9.17, 15) is 8.60 Å². The molecule has 0 aliphatic heterocycles. The van der Waals surface area contributed by atoms with Crippen molar-refractivity contribution in [1.82, 2.24) is 4.72 Å². The normalized spacial score (nSPS) is 15.1. The molecule has 2 atom stereocenters. The smallest absolute Gasteiger partial charge is 0.128 e. The molecule has 0 radical (unpaired) electrons. The van der Waals surface area contributed by atoms with Gasteiger partial charge in [0.05, 0.1) is 21.8 Å². The van der Waals surface area contributed by atoms with Crippen LogP contribution in [-0.2, 0) is 11.0 Å². The van der Waals surface area contributed by atoms with Gasteiger partial charge in [-0.25, -0.2) is 13.3 Å². The van der Waals surface area contributed by atoms with Gasteiger partial charge in [-0.2, -0.15) is 0 Å². The van der Waals surface area contributed by atoms with Crippen LogP contribution in [0.3, 0.4) is 0 Å². The van der Waals surface area contributed by atoms with Crippen LogP contribution in [0.15, 0.2) is 36.9 Å². The van der Waals surface area contributed by atoms with Crippen molar-refractivity contribution < 1.29 is 8.60 Å². The Morgan fingerprint density at radius 1 is 1.44 bits per heavy atom. The molecule has 1 N–H and O–H groups in total. The van der Waals surface area contributed by atoms with Crippen LogP contribution in [0.4, 0.5) is 4.39 Å². The topological polar surface area (TPSA) is 29.1 Å². The lowest BCUT2D eigenvalue weighted by Gasteiger charge is -2.24. The maximum Gasteiger partial charge on any atom is 0.128 e. The van der Waals surface area contributed by atoms with E-state index < -0.39 is 11.0 Å². The summed E-state index contributed by atoms with van der Waals surface area (Å²) in [6, 6.07) is 6.22. The molecule has 0 saturated carbocycles. The SMILES string of the molecule is C=CCC(NS(=O)C(C)(C)C)c1ccccc1F. The Morgan fingerprint density at radius 3 is 2.56 bits per heavy atom. The van der Waals surface area contributed by atoms with Crippen LogP contribution in [0.1, 0.15) is 38.8 Å². The van der Waals surface area contributed by atoms with Crippen LogP contribution in [0, 0.1) is 5.82 Å². The van der Waals surface area contributed by atoms with Gasteiger partial charge in [-0.1, -0.05) is 24.3 Å². The molecule has 0 heterocycles. The van der Waals surface area contributed by atoms with Crippen LogP contribution in [-0.4, -0.2) is 8.96 Å². The average Bonchev–Trinajstić information content (AvgIpc) is 2.28. The number of rotatable bonds is 5. The predicted molar refractivity (Wildman–Crippen MR) is 75.0 cm³/mol. The first-order valence-corrected chi connectivity index (χ1v) is 7.04. The minimum absolute atomic E-state index is 0.289. The first-order chi connectivity index (χ1) is 8.36. The Balaban J connectivity index is 2.94. The molecule has 0 aliphatic carbocycles. The van der Waals surface area contributed by atoms with Gasteiger partial charge in [0.2, 0.25) is 0 Å². The van der Waals surface area contributed by atoms with E-state index >= 15 is 0 Å². The summed E-state index contributed by atoms with van der Waals surface area (Å²) in [5, 5.41) is 0. The Bertz CT molecular complexity index is 440. The van der Waals surface area contributed by atoms with Gasteiger partial charge in [-0.05, 0) is 33.3 Å². The summed E-state index contributed by atoms with van der Waals surface area (Å²) < 4.78 is 28.4. The van der Waals surface area contributed by atoms with Gasteiger partial charge in [0.15, 0.2) is 0 Å². The lowest BCUT2D eigenvalue weighted by molar-refractivity contribution is 0.556. The van der Waals surface area contributed by atoms with E-state index in [2.05, 4.69) is 11.3 Å². The highest BCUT2D eigenvalue weighted by Crippen LogP contribution is 2.22. The molecule has 0 spiro atoms. The Hall–Kier alpha value is -1.00. The summed E-state index contributed by atoms with van der Waals surface area (Å²) in [5.41, 5.74) is 0.523. The minimum atomic E-state index is -1.24. The van der Waals surface area contributed by atoms with Crippen LogP contribution in [0.2, 0.25) is 0 Å². The summed E-state index contributed by atoms with van der Waals surface area (Å²) >= 11 is 0. The van der Waals surface area contributed by atoms with Gasteiger partial charge in [-0.3, -0.25) is 0 Å². The standard InChI is InChI=1S/C14H20FNOS/c1-5-8-13(16-18(17)14(2,3)4)11-9-6-7-10-12(11)15/h5-7,9-10,13,16H,1,8H2,2-4H3. The molecular weight excluding hydrogens is 249 g/mol. The average molecular weight is 269 g/mol. The van der Waals surface area contributed by atoms with E-state index in [0.717, 1.165) is 0 Å². The highest BCUT2D eigenvalue weighted by Gasteiger charge is 2.24. The zero-order valence-electron chi connectivity index (χ0n) is 11.1. The molecule has 0 amide bonds. The van der Waals surface area contributed by atoms with Crippen molar-refractivity contribution in [3.05, 3.63) is 48.3 Å². The molecule has 2 nitrogen and oxygen atoms in total. The van der Waals surface area contributed by atoms with Crippen LogP contribution in [0.25, 0.3) is 0 Å². The zero-order valence-corrected chi connectivity index (χ0v) is 11.9. The summed E-state index contributed by atoms with van der Waals surface area (Å²) in [4.78, 5) is 0. The Labute approximate surface area is 111 Å². The number of benzene rings is 1. The third-order valence-electron chi connectivity index (χ3n) is 2.49. The number of nitrogens with one attached hydrogen (secondary N) is 1. The fourth-order valence-corrected chi connectivity index (χ4v) is 2.30. The molecule has 1 rings (SSSR count). The van der Waals surface area contributed by atoms with Crippen LogP contribution < -0.4 is 4.72 Å².